The topological polar surface area (TPSA) is 75.9 Å². The lowest BCUT2D eigenvalue weighted by Crippen LogP contribution is -2.51. The van der Waals surface area contributed by atoms with Crippen molar-refractivity contribution >= 4 is 12.0 Å². The number of hydrogen-bond donors (Lipinski definition) is 0. The van der Waals surface area contributed by atoms with Crippen molar-refractivity contribution in [1.82, 2.24) is 15.0 Å². The molecule has 1 aromatic carbocycles. The van der Waals surface area contributed by atoms with Gasteiger partial charge in [0, 0.05) is 32.2 Å². The van der Waals surface area contributed by atoms with Gasteiger partial charge in [-0.1, -0.05) is 17.3 Å². The van der Waals surface area contributed by atoms with E-state index in [1.807, 2.05) is 20.8 Å². The molecule has 0 saturated carbocycles. The quantitative estimate of drug-likeness (QED) is 0.806. The van der Waals surface area contributed by atoms with E-state index in [4.69, 9.17) is 9.26 Å². The third kappa shape index (κ3) is 4.45. The Kier molecular flexibility index (Phi) is 5.16. The second-order valence-electron chi connectivity index (χ2n) is 7.32. The van der Waals surface area contributed by atoms with Crippen molar-refractivity contribution < 1.29 is 23.2 Å². The van der Waals surface area contributed by atoms with Crippen LogP contribution in [-0.4, -0.2) is 58.7 Å². The van der Waals surface area contributed by atoms with Crippen LogP contribution in [0.15, 0.2) is 34.9 Å². The molecular weight excluding hydrogens is 353 g/mol. The number of piperazine rings is 1. The Morgan fingerprint density at radius 1 is 1.11 bits per heavy atom. The van der Waals surface area contributed by atoms with Gasteiger partial charge in [-0.05, 0) is 32.9 Å². The van der Waals surface area contributed by atoms with Crippen molar-refractivity contribution in [2.24, 2.45) is 0 Å². The highest BCUT2D eigenvalue weighted by Crippen LogP contribution is 2.24. The third-order valence-corrected chi connectivity index (χ3v) is 4.09. The standard InChI is InChI=1S/C19H22FN3O4/c1-19(2,3)26-18(25)23-10-8-22(9-11-23)17(24)15-12-16(27-21-15)13-6-4-5-7-14(13)20/h4-7,12H,8-11H2,1-3H3. The van der Waals surface area contributed by atoms with E-state index < -0.39 is 17.5 Å². The second-order valence-corrected chi connectivity index (χ2v) is 7.32. The number of hydrogen-bond acceptors (Lipinski definition) is 5. The zero-order chi connectivity index (χ0) is 19.6. The van der Waals surface area contributed by atoms with E-state index in [-0.39, 0.29) is 22.9 Å². The van der Waals surface area contributed by atoms with Crippen molar-refractivity contribution in [2.45, 2.75) is 26.4 Å². The molecule has 0 bridgehead atoms. The Balaban J connectivity index is 1.62. The molecular formula is C19H22FN3O4. The molecule has 1 saturated heterocycles. The molecule has 0 spiro atoms. The van der Waals surface area contributed by atoms with Gasteiger partial charge < -0.3 is 19.1 Å². The molecule has 0 unspecified atom stereocenters. The molecule has 1 aromatic heterocycles. The molecule has 0 radical (unpaired) electrons. The summed E-state index contributed by atoms with van der Waals surface area (Å²) >= 11 is 0. The lowest BCUT2D eigenvalue weighted by atomic mass is 10.1. The van der Waals surface area contributed by atoms with E-state index in [1.54, 1.807) is 28.0 Å². The number of aromatic nitrogens is 1. The van der Waals surface area contributed by atoms with Gasteiger partial charge in [0.1, 0.15) is 11.4 Å². The minimum Gasteiger partial charge on any atom is -0.444 e. The van der Waals surface area contributed by atoms with Crippen molar-refractivity contribution in [2.75, 3.05) is 26.2 Å². The first kappa shape index (κ1) is 18.9. The molecule has 0 N–H and O–H groups in total. The molecule has 144 valence electrons. The molecule has 27 heavy (non-hydrogen) atoms. The monoisotopic (exact) mass is 375 g/mol. The number of carbonyl (C=O) groups is 2. The van der Waals surface area contributed by atoms with Gasteiger partial charge >= 0.3 is 6.09 Å². The minimum absolute atomic E-state index is 0.110. The SMILES string of the molecule is CC(C)(C)OC(=O)N1CCN(C(=O)c2cc(-c3ccccc3F)on2)CC1. The zero-order valence-corrected chi connectivity index (χ0v) is 15.6. The summed E-state index contributed by atoms with van der Waals surface area (Å²) in [6.07, 6.45) is -0.391. The van der Waals surface area contributed by atoms with Crippen LogP contribution in [-0.2, 0) is 4.74 Å². The van der Waals surface area contributed by atoms with Gasteiger partial charge in [-0.25, -0.2) is 9.18 Å². The molecule has 3 rings (SSSR count). The number of amides is 2. The molecule has 1 aliphatic heterocycles. The fourth-order valence-electron chi connectivity index (χ4n) is 2.74. The Morgan fingerprint density at radius 3 is 2.37 bits per heavy atom. The van der Waals surface area contributed by atoms with Gasteiger partial charge in [0.15, 0.2) is 11.5 Å². The lowest BCUT2D eigenvalue weighted by Gasteiger charge is -2.35. The fourth-order valence-corrected chi connectivity index (χ4v) is 2.74. The molecule has 8 heteroatoms. The number of ether oxygens (including phenoxy) is 1. The molecule has 2 heterocycles. The number of nitrogens with zero attached hydrogens (tertiary/aromatic N) is 3. The molecule has 1 fully saturated rings. The Bertz CT molecular complexity index is 835. The maximum Gasteiger partial charge on any atom is 0.410 e. The summed E-state index contributed by atoms with van der Waals surface area (Å²) in [6.45, 7) is 6.89. The van der Waals surface area contributed by atoms with E-state index in [0.29, 0.717) is 26.2 Å². The average molecular weight is 375 g/mol. The van der Waals surface area contributed by atoms with Crippen molar-refractivity contribution in [3.63, 3.8) is 0 Å². The van der Waals surface area contributed by atoms with Gasteiger partial charge in [-0.3, -0.25) is 4.79 Å². The summed E-state index contributed by atoms with van der Waals surface area (Å²) < 4.78 is 24.3. The highest BCUT2D eigenvalue weighted by Gasteiger charge is 2.29. The fraction of sp³-hybridized carbons (Fsp3) is 0.421. The van der Waals surface area contributed by atoms with E-state index in [1.165, 1.54) is 12.1 Å². The van der Waals surface area contributed by atoms with Crippen LogP contribution in [0.25, 0.3) is 11.3 Å². The highest BCUT2D eigenvalue weighted by molar-refractivity contribution is 5.93. The minimum atomic E-state index is -0.562. The van der Waals surface area contributed by atoms with Crippen LogP contribution in [0.4, 0.5) is 9.18 Å². The first-order chi connectivity index (χ1) is 12.7. The average Bonchev–Trinajstić information content (AvgIpc) is 3.10. The van der Waals surface area contributed by atoms with Crippen LogP contribution in [0.5, 0.6) is 0 Å². The maximum absolute atomic E-state index is 13.8. The Labute approximate surface area is 156 Å². The van der Waals surface area contributed by atoms with Crippen LogP contribution in [0, 0.1) is 5.82 Å². The summed E-state index contributed by atoms with van der Waals surface area (Å²) in [5.74, 6) is -0.562. The molecule has 0 atom stereocenters. The van der Waals surface area contributed by atoms with E-state index in [9.17, 15) is 14.0 Å². The van der Waals surface area contributed by atoms with Crippen molar-refractivity contribution in [3.05, 3.63) is 41.8 Å². The number of halogens is 1. The second kappa shape index (κ2) is 7.38. The Morgan fingerprint density at radius 2 is 1.74 bits per heavy atom. The number of carbonyl (C=O) groups excluding carboxylic acids is 2. The Hall–Kier alpha value is -2.90. The summed E-state index contributed by atoms with van der Waals surface area (Å²) in [4.78, 5) is 27.9. The summed E-state index contributed by atoms with van der Waals surface area (Å²) in [6, 6.07) is 7.56. The smallest absolute Gasteiger partial charge is 0.410 e. The highest BCUT2D eigenvalue weighted by atomic mass is 19.1. The molecule has 7 nitrogen and oxygen atoms in total. The molecule has 2 amide bonds. The molecule has 1 aliphatic rings. The summed E-state index contributed by atoms with van der Waals surface area (Å²) in [5, 5.41) is 3.77. The van der Waals surface area contributed by atoms with Gasteiger partial charge in [-0.2, -0.15) is 0 Å². The van der Waals surface area contributed by atoms with Gasteiger partial charge in [0.25, 0.3) is 5.91 Å². The predicted octanol–water partition coefficient (Wildman–Crippen LogP) is 3.17. The van der Waals surface area contributed by atoms with Crippen LogP contribution in [0.2, 0.25) is 0 Å². The van der Waals surface area contributed by atoms with Gasteiger partial charge in [0.2, 0.25) is 0 Å². The molecule has 2 aromatic rings. The van der Waals surface area contributed by atoms with Crippen molar-refractivity contribution in [3.8, 4) is 11.3 Å². The van der Waals surface area contributed by atoms with E-state index in [0.717, 1.165) is 0 Å². The van der Waals surface area contributed by atoms with Crippen LogP contribution in [0.1, 0.15) is 31.3 Å². The van der Waals surface area contributed by atoms with Crippen LogP contribution < -0.4 is 0 Å². The molecule has 0 aliphatic carbocycles. The summed E-state index contributed by atoms with van der Waals surface area (Å²) in [7, 11) is 0. The van der Waals surface area contributed by atoms with Gasteiger partial charge in [-0.15, -0.1) is 0 Å². The van der Waals surface area contributed by atoms with Gasteiger partial charge in [0.05, 0.1) is 5.56 Å². The zero-order valence-electron chi connectivity index (χ0n) is 15.6. The normalized spacial score (nSPS) is 15.0. The first-order valence-electron chi connectivity index (χ1n) is 8.73. The summed E-state index contributed by atoms with van der Waals surface area (Å²) in [5.41, 5.74) is -0.203. The first-order valence-corrected chi connectivity index (χ1v) is 8.73. The van der Waals surface area contributed by atoms with Crippen LogP contribution >= 0.6 is 0 Å². The van der Waals surface area contributed by atoms with E-state index in [2.05, 4.69) is 5.16 Å². The number of benzene rings is 1. The largest absolute Gasteiger partial charge is 0.444 e. The van der Waals surface area contributed by atoms with E-state index >= 15 is 0 Å². The van der Waals surface area contributed by atoms with Crippen LogP contribution in [0.3, 0.4) is 0 Å². The lowest BCUT2D eigenvalue weighted by molar-refractivity contribution is 0.0139. The number of rotatable bonds is 2. The predicted molar refractivity (Wildman–Crippen MR) is 95.6 cm³/mol. The maximum atomic E-state index is 13.8. The van der Waals surface area contributed by atoms with Crippen molar-refractivity contribution in [1.29, 1.82) is 0 Å². The third-order valence-electron chi connectivity index (χ3n) is 4.09.